The van der Waals surface area contributed by atoms with E-state index in [9.17, 15) is 10.1 Å². The number of nitro groups is 1. The van der Waals surface area contributed by atoms with Crippen molar-refractivity contribution in [1.29, 1.82) is 0 Å². The second kappa shape index (κ2) is 6.81. The topological polar surface area (TPSA) is 55.6 Å². The second-order valence-electron chi connectivity index (χ2n) is 5.54. The Bertz CT molecular complexity index is 456. The van der Waals surface area contributed by atoms with Crippen molar-refractivity contribution in [2.75, 3.05) is 13.2 Å². The summed E-state index contributed by atoms with van der Waals surface area (Å²) in [4.78, 5) is 12.9. The number of benzene rings is 1. The van der Waals surface area contributed by atoms with Crippen LogP contribution in [0.25, 0.3) is 0 Å². The Morgan fingerprint density at radius 3 is 2.70 bits per heavy atom. The second-order valence-corrected chi connectivity index (χ2v) is 5.54. The monoisotopic (exact) mass is 278 g/mol. The lowest BCUT2D eigenvalue weighted by atomic mass is 10.0. The molecule has 1 aliphatic rings. The molecule has 0 aromatic heterocycles. The lowest BCUT2D eigenvalue weighted by Gasteiger charge is -2.37. The summed E-state index contributed by atoms with van der Waals surface area (Å²) in [5.41, 5.74) is 1.16. The van der Waals surface area contributed by atoms with E-state index >= 15 is 0 Å². The summed E-state index contributed by atoms with van der Waals surface area (Å²) in [7, 11) is 0. The Balaban J connectivity index is 2.11. The van der Waals surface area contributed by atoms with Crippen LogP contribution in [0.3, 0.4) is 0 Å². The zero-order chi connectivity index (χ0) is 14.5. The fraction of sp³-hybridized carbons (Fsp3) is 0.600. The Morgan fingerprint density at radius 1 is 1.40 bits per heavy atom. The molecule has 20 heavy (non-hydrogen) atoms. The first-order chi connectivity index (χ1) is 9.58. The molecular formula is C15H22N2O3. The van der Waals surface area contributed by atoms with Crippen molar-refractivity contribution >= 4 is 5.69 Å². The fourth-order valence-electron chi connectivity index (χ4n) is 2.73. The van der Waals surface area contributed by atoms with Gasteiger partial charge in [-0.2, -0.15) is 0 Å². The van der Waals surface area contributed by atoms with Crippen LogP contribution in [0.4, 0.5) is 5.69 Å². The molecule has 0 amide bonds. The van der Waals surface area contributed by atoms with Crippen molar-refractivity contribution in [2.45, 2.75) is 45.3 Å². The van der Waals surface area contributed by atoms with Crippen LogP contribution in [-0.4, -0.2) is 35.1 Å². The van der Waals surface area contributed by atoms with Crippen LogP contribution >= 0.6 is 0 Å². The van der Waals surface area contributed by atoms with E-state index in [1.807, 2.05) is 6.07 Å². The van der Waals surface area contributed by atoms with Crippen molar-refractivity contribution in [3.05, 3.63) is 39.9 Å². The number of hydrogen-bond donors (Lipinski definition) is 0. The minimum atomic E-state index is -0.336. The van der Waals surface area contributed by atoms with Crippen LogP contribution in [0.1, 0.15) is 32.3 Å². The summed E-state index contributed by atoms with van der Waals surface area (Å²) >= 11 is 0. The van der Waals surface area contributed by atoms with Gasteiger partial charge in [0.05, 0.1) is 4.92 Å². The van der Waals surface area contributed by atoms with Gasteiger partial charge in [-0.05, 0) is 32.3 Å². The number of nitro benzene ring substituents is 1. The highest BCUT2D eigenvalue weighted by molar-refractivity contribution is 5.34. The van der Waals surface area contributed by atoms with Gasteiger partial charge in [-0.15, -0.1) is 0 Å². The van der Waals surface area contributed by atoms with E-state index in [4.69, 9.17) is 4.74 Å². The average molecular weight is 278 g/mol. The highest BCUT2D eigenvalue weighted by Crippen LogP contribution is 2.22. The van der Waals surface area contributed by atoms with Gasteiger partial charge in [0.25, 0.3) is 5.69 Å². The molecule has 0 radical (unpaired) electrons. The van der Waals surface area contributed by atoms with Gasteiger partial charge in [0.1, 0.15) is 0 Å². The summed E-state index contributed by atoms with van der Waals surface area (Å²) in [6.07, 6.45) is 2.07. The van der Waals surface area contributed by atoms with E-state index in [0.29, 0.717) is 12.1 Å². The molecule has 0 atom stereocenters. The molecule has 1 aromatic rings. The third-order valence-electron chi connectivity index (χ3n) is 3.81. The van der Waals surface area contributed by atoms with Gasteiger partial charge in [-0.25, -0.2) is 0 Å². The molecule has 1 aromatic carbocycles. The van der Waals surface area contributed by atoms with Crippen molar-refractivity contribution in [3.8, 4) is 0 Å². The SMILES string of the molecule is CC(C)N(Cc1cccc([N+](=O)[O-])c1)C1CCOCC1. The van der Waals surface area contributed by atoms with Gasteiger partial charge < -0.3 is 4.74 Å². The van der Waals surface area contributed by atoms with E-state index in [-0.39, 0.29) is 10.6 Å². The molecule has 5 nitrogen and oxygen atoms in total. The highest BCUT2D eigenvalue weighted by atomic mass is 16.6. The molecule has 0 N–H and O–H groups in total. The molecule has 2 rings (SSSR count). The van der Waals surface area contributed by atoms with E-state index in [1.54, 1.807) is 12.1 Å². The number of ether oxygens (including phenoxy) is 1. The maximum Gasteiger partial charge on any atom is 0.269 e. The van der Waals surface area contributed by atoms with Crippen molar-refractivity contribution < 1.29 is 9.66 Å². The molecule has 1 saturated heterocycles. The lowest BCUT2D eigenvalue weighted by molar-refractivity contribution is -0.384. The Labute approximate surface area is 119 Å². The smallest absolute Gasteiger partial charge is 0.269 e. The molecule has 0 saturated carbocycles. The first-order valence-electron chi connectivity index (χ1n) is 7.14. The molecule has 1 heterocycles. The third kappa shape index (κ3) is 3.77. The minimum Gasteiger partial charge on any atom is -0.381 e. The summed E-state index contributed by atoms with van der Waals surface area (Å²) in [6.45, 7) is 6.72. The van der Waals surface area contributed by atoms with E-state index in [2.05, 4.69) is 18.7 Å². The fourth-order valence-corrected chi connectivity index (χ4v) is 2.73. The van der Waals surface area contributed by atoms with E-state index in [0.717, 1.165) is 38.2 Å². The molecule has 1 fully saturated rings. The molecule has 1 aliphatic heterocycles. The first kappa shape index (κ1) is 14.9. The van der Waals surface area contributed by atoms with Gasteiger partial charge in [-0.1, -0.05) is 12.1 Å². The van der Waals surface area contributed by atoms with E-state index in [1.165, 1.54) is 6.07 Å². The van der Waals surface area contributed by atoms with Crippen LogP contribution in [0.15, 0.2) is 24.3 Å². The zero-order valence-electron chi connectivity index (χ0n) is 12.1. The molecule has 0 spiro atoms. The molecule has 0 bridgehead atoms. The molecule has 5 heteroatoms. The number of nitrogens with zero attached hydrogens (tertiary/aromatic N) is 2. The first-order valence-corrected chi connectivity index (χ1v) is 7.14. The quantitative estimate of drug-likeness (QED) is 0.613. The average Bonchev–Trinajstić information content (AvgIpc) is 2.45. The zero-order valence-corrected chi connectivity index (χ0v) is 12.1. The normalized spacial score (nSPS) is 16.8. The van der Waals surface area contributed by atoms with Crippen LogP contribution in [0.5, 0.6) is 0 Å². The Kier molecular flexibility index (Phi) is 5.09. The largest absolute Gasteiger partial charge is 0.381 e. The molecular weight excluding hydrogens is 256 g/mol. The Hall–Kier alpha value is -1.46. The summed E-state index contributed by atoms with van der Waals surface area (Å²) in [6, 6.07) is 7.85. The molecule has 0 unspecified atom stereocenters. The summed E-state index contributed by atoms with van der Waals surface area (Å²) in [5, 5.41) is 10.8. The maximum atomic E-state index is 10.8. The number of non-ortho nitro benzene ring substituents is 1. The lowest BCUT2D eigenvalue weighted by Crippen LogP contribution is -2.43. The minimum absolute atomic E-state index is 0.165. The van der Waals surface area contributed by atoms with Crippen LogP contribution in [0.2, 0.25) is 0 Å². The van der Waals surface area contributed by atoms with E-state index < -0.39 is 0 Å². The molecule has 0 aliphatic carbocycles. The van der Waals surface area contributed by atoms with Crippen molar-refractivity contribution in [3.63, 3.8) is 0 Å². The van der Waals surface area contributed by atoms with Crippen molar-refractivity contribution in [1.82, 2.24) is 4.90 Å². The predicted octanol–water partition coefficient (Wildman–Crippen LogP) is 2.98. The third-order valence-corrected chi connectivity index (χ3v) is 3.81. The van der Waals surface area contributed by atoms with Gasteiger partial charge in [0, 0.05) is 44.0 Å². The van der Waals surface area contributed by atoms with Crippen LogP contribution in [-0.2, 0) is 11.3 Å². The standard InChI is InChI=1S/C15H22N2O3/c1-12(2)16(14-6-8-20-9-7-14)11-13-4-3-5-15(10-13)17(18)19/h3-5,10,12,14H,6-9,11H2,1-2H3. The Morgan fingerprint density at radius 2 is 2.10 bits per heavy atom. The van der Waals surface area contributed by atoms with Crippen LogP contribution < -0.4 is 0 Å². The number of hydrogen-bond acceptors (Lipinski definition) is 4. The number of rotatable bonds is 5. The molecule has 110 valence electrons. The van der Waals surface area contributed by atoms with Crippen molar-refractivity contribution in [2.24, 2.45) is 0 Å². The summed E-state index contributed by atoms with van der Waals surface area (Å²) in [5.74, 6) is 0. The van der Waals surface area contributed by atoms with Gasteiger partial charge in [-0.3, -0.25) is 15.0 Å². The van der Waals surface area contributed by atoms with Crippen LogP contribution in [0, 0.1) is 10.1 Å². The van der Waals surface area contributed by atoms with Gasteiger partial charge in [0.15, 0.2) is 0 Å². The maximum absolute atomic E-state index is 10.8. The van der Waals surface area contributed by atoms with Gasteiger partial charge >= 0.3 is 0 Å². The summed E-state index contributed by atoms with van der Waals surface area (Å²) < 4.78 is 5.41. The predicted molar refractivity (Wildman–Crippen MR) is 77.6 cm³/mol. The van der Waals surface area contributed by atoms with Gasteiger partial charge in [0.2, 0.25) is 0 Å². The highest BCUT2D eigenvalue weighted by Gasteiger charge is 2.24.